The van der Waals surface area contributed by atoms with Crippen LogP contribution in [-0.2, 0) is 0 Å². The molecule has 3 heteroatoms. The highest BCUT2D eigenvalue weighted by Crippen LogP contribution is 2.41. The van der Waals surface area contributed by atoms with Gasteiger partial charge in [-0.05, 0) is 11.6 Å². The minimum atomic E-state index is 0.186. The molecule has 78 valence electrons. The van der Waals surface area contributed by atoms with Crippen molar-refractivity contribution in [1.29, 1.82) is 0 Å². The van der Waals surface area contributed by atoms with Crippen LogP contribution in [0.1, 0.15) is 17.9 Å². The maximum atomic E-state index is 5.54. The number of hydrogen-bond donors (Lipinski definition) is 2. The van der Waals surface area contributed by atoms with Crippen LogP contribution in [0.2, 0.25) is 0 Å². The van der Waals surface area contributed by atoms with Crippen LogP contribution in [-0.4, -0.2) is 11.8 Å². The van der Waals surface area contributed by atoms with E-state index in [0.29, 0.717) is 12.3 Å². The van der Waals surface area contributed by atoms with Crippen LogP contribution in [0.5, 0.6) is 0 Å². The third kappa shape index (κ3) is 2.03. The van der Waals surface area contributed by atoms with Gasteiger partial charge in [0.2, 0.25) is 0 Å². The van der Waals surface area contributed by atoms with Crippen molar-refractivity contribution in [3.8, 4) is 12.3 Å². The number of nitrogens with two attached hydrogens (primary N) is 1. The van der Waals surface area contributed by atoms with E-state index >= 15 is 0 Å². The third-order valence-corrected chi connectivity index (χ3v) is 3.98. The lowest BCUT2D eigenvalue weighted by Gasteiger charge is -2.20. The fourth-order valence-electron chi connectivity index (χ4n) is 1.96. The smallest absolute Gasteiger partial charge is 0.0396 e. The largest absolute Gasteiger partial charge is 0.271 e. The third-order valence-electron chi connectivity index (χ3n) is 2.77. The van der Waals surface area contributed by atoms with E-state index in [9.17, 15) is 0 Å². The van der Waals surface area contributed by atoms with E-state index in [-0.39, 0.29) is 6.04 Å². The van der Waals surface area contributed by atoms with Gasteiger partial charge in [0.05, 0.1) is 0 Å². The van der Waals surface area contributed by atoms with Gasteiger partial charge in [0.25, 0.3) is 0 Å². The molecule has 0 saturated heterocycles. The predicted molar refractivity (Wildman–Crippen MR) is 64.5 cm³/mol. The van der Waals surface area contributed by atoms with Gasteiger partial charge in [0, 0.05) is 29.0 Å². The zero-order valence-corrected chi connectivity index (χ0v) is 9.26. The highest BCUT2D eigenvalue weighted by molar-refractivity contribution is 7.99. The van der Waals surface area contributed by atoms with Crippen molar-refractivity contribution in [2.45, 2.75) is 23.3 Å². The molecule has 0 aliphatic carbocycles. The normalized spacial score (nSPS) is 20.7. The summed E-state index contributed by atoms with van der Waals surface area (Å²) in [5, 5.41) is 0. The standard InChI is InChI=1S/C12H14N2S/c1-2-5-11(14-13)10-8-15-12-7-4-3-6-9(10)12/h1,3-4,6-7,10-11,14H,5,8,13H2. The average Bonchev–Trinajstić information content (AvgIpc) is 2.70. The summed E-state index contributed by atoms with van der Waals surface area (Å²) in [7, 11) is 0. The number of nitrogens with one attached hydrogen (secondary N) is 1. The average molecular weight is 218 g/mol. The summed E-state index contributed by atoms with van der Waals surface area (Å²) < 4.78 is 0. The molecule has 0 amide bonds. The van der Waals surface area contributed by atoms with Crippen molar-refractivity contribution >= 4 is 11.8 Å². The van der Waals surface area contributed by atoms with Crippen molar-refractivity contribution < 1.29 is 0 Å². The molecule has 1 aromatic rings. The lowest BCUT2D eigenvalue weighted by atomic mass is 9.92. The molecule has 1 heterocycles. The van der Waals surface area contributed by atoms with Gasteiger partial charge in [-0.3, -0.25) is 11.3 Å². The zero-order chi connectivity index (χ0) is 10.7. The van der Waals surface area contributed by atoms with Crippen LogP contribution in [0.25, 0.3) is 0 Å². The Kier molecular flexibility index (Phi) is 3.32. The summed E-state index contributed by atoms with van der Waals surface area (Å²) in [5.41, 5.74) is 4.21. The number of hydrazine groups is 1. The van der Waals surface area contributed by atoms with Crippen molar-refractivity contribution in [2.24, 2.45) is 5.84 Å². The molecule has 0 saturated carbocycles. The second-order valence-corrected chi connectivity index (χ2v) is 4.70. The maximum absolute atomic E-state index is 5.54. The van der Waals surface area contributed by atoms with Gasteiger partial charge in [0.15, 0.2) is 0 Å². The number of fused-ring (bicyclic) bond motifs is 1. The highest BCUT2D eigenvalue weighted by atomic mass is 32.2. The van der Waals surface area contributed by atoms with Crippen molar-refractivity contribution in [3.63, 3.8) is 0 Å². The molecule has 0 spiro atoms. The topological polar surface area (TPSA) is 38.0 Å². The van der Waals surface area contributed by atoms with Gasteiger partial charge < -0.3 is 0 Å². The second-order valence-electron chi connectivity index (χ2n) is 3.64. The van der Waals surface area contributed by atoms with Crippen LogP contribution in [0.4, 0.5) is 0 Å². The Labute approximate surface area is 94.6 Å². The van der Waals surface area contributed by atoms with E-state index < -0.39 is 0 Å². The molecule has 0 fully saturated rings. The number of rotatable bonds is 3. The van der Waals surface area contributed by atoms with Gasteiger partial charge in [-0.15, -0.1) is 24.1 Å². The van der Waals surface area contributed by atoms with E-state index in [2.05, 4.69) is 35.6 Å². The van der Waals surface area contributed by atoms with Crippen molar-refractivity contribution in [2.75, 3.05) is 5.75 Å². The summed E-state index contributed by atoms with van der Waals surface area (Å²) in [6.45, 7) is 0. The maximum Gasteiger partial charge on any atom is 0.0396 e. The van der Waals surface area contributed by atoms with Gasteiger partial charge in [-0.1, -0.05) is 18.2 Å². The first-order chi connectivity index (χ1) is 7.36. The minimum absolute atomic E-state index is 0.186. The molecule has 2 unspecified atom stereocenters. The first kappa shape index (κ1) is 10.6. The molecule has 2 nitrogen and oxygen atoms in total. The minimum Gasteiger partial charge on any atom is -0.271 e. The van der Waals surface area contributed by atoms with Gasteiger partial charge in [-0.2, -0.15) is 0 Å². The van der Waals surface area contributed by atoms with Crippen LogP contribution >= 0.6 is 11.8 Å². The Balaban J connectivity index is 2.23. The Hall–Kier alpha value is -0.950. The second kappa shape index (κ2) is 4.71. The molecule has 2 rings (SSSR count). The molecule has 3 N–H and O–H groups in total. The molecule has 1 aliphatic heterocycles. The first-order valence-corrected chi connectivity index (χ1v) is 5.96. The summed E-state index contributed by atoms with van der Waals surface area (Å²) in [5.74, 6) is 9.72. The fourth-order valence-corrected chi connectivity index (χ4v) is 3.30. The molecule has 1 aliphatic rings. The van der Waals surface area contributed by atoms with E-state index in [4.69, 9.17) is 12.3 Å². The SMILES string of the molecule is C#CCC(NN)C1CSc2ccccc21. The summed E-state index contributed by atoms with van der Waals surface area (Å²) >= 11 is 1.88. The predicted octanol–water partition coefficient (Wildman–Crippen LogP) is 1.73. The molecule has 15 heavy (non-hydrogen) atoms. The molecule has 1 aromatic carbocycles. The number of thioether (sulfide) groups is 1. The molecule has 2 atom stereocenters. The monoisotopic (exact) mass is 218 g/mol. The van der Waals surface area contributed by atoms with Crippen LogP contribution in [0.3, 0.4) is 0 Å². The number of hydrogen-bond acceptors (Lipinski definition) is 3. The first-order valence-electron chi connectivity index (χ1n) is 4.98. The van der Waals surface area contributed by atoms with E-state index in [1.807, 2.05) is 11.8 Å². The molecule has 0 bridgehead atoms. The van der Waals surface area contributed by atoms with E-state index in [1.165, 1.54) is 10.5 Å². The molecular weight excluding hydrogens is 204 g/mol. The molecule has 0 aromatic heterocycles. The van der Waals surface area contributed by atoms with Gasteiger partial charge in [-0.25, -0.2) is 0 Å². The lowest BCUT2D eigenvalue weighted by molar-refractivity contribution is 0.475. The fraction of sp³-hybridized carbons (Fsp3) is 0.333. The van der Waals surface area contributed by atoms with E-state index in [0.717, 1.165) is 5.75 Å². The summed E-state index contributed by atoms with van der Waals surface area (Å²) in [6, 6.07) is 8.65. The van der Waals surface area contributed by atoms with Gasteiger partial charge in [0.1, 0.15) is 0 Å². The summed E-state index contributed by atoms with van der Waals surface area (Å²) in [4.78, 5) is 1.36. The van der Waals surface area contributed by atoms with Crippen LogP contribution in [0, 0.1) is 12.3 Å². The van der Waals surface area contributed by atoms with E-state index in [1.54, 1.807) is 0 Å². The van der Waals surface area contributed by atoms with Crippen molar-refractivity contribution in [3.05, 3.63) is 29.8 Å². The number of terminal acetylenes is 1. The lowest BCUT2D eigenvalue weighted by Crippen LogP contribution is -2.39. The Bertz CT molecular complexity index is 383. The highest BCUT2D eigenvalue weighted by Gasteiger charge is 2.28. The molecular formula is C12H14N2S. The Morgan fingerprint density at radius 3 is 3.13 bits per heavy atom. The van der Waals surface area contributed by atoms with Gasteiger partial charge >= 0.3 is 0 Å². The van der Waals surface area contributed by atoms with Crippen LogP contribution in [0.15, 0.2) is 29.2 Å². The Morgan fingerprint density at radius 1 is 1.60 bits per heavy atom. The van der Waals surface area contributed by atoms with Crippen LogP contribution < -0.4 is 11.3 Å². The van der Waals surface area contributed by atoms with Crippen molar-refractivity contribution in [1.82, 2.24) is 5.43 Å². The quantitative estimate of drug-likeness (QED) is 0.461. The Morgan fingerprint density at radius 2 is 2.40 bits per heavy atom. The summed E-state index contributed by atoms with van der Waals surface area (Å²) in [6.07, 6.45) is 6.02. The zero-order valence-electron chi connectivity index (χ0n) is 8.44. The number of benzene rings is 1. The molecule has 0 radical (unpaired) electrons.